The Kier molecular flexibility index (Phi) is 27.4. The lowest BCUT2D eigenvalue weighted by molar-refractivity contribution is -0.269. The third-order valence-electron chi connectivity index (χ3n) is 13.0. The van der Waals surface area contributed by atoms with Gasteiger partial charge in [0, 0.05) is 33.1 Å². The standard InChI is InChI=1S/C12H16F7NO3S.C11H17F4NO3S.C10H14F5NO3S.C9H14F3NO3S/c13-10(14,7-11(15,16)17)12(18,19)9(21)20-4-1-8-2-5-24(22,23)6-3-8;1-10(12,13)11(14,15)9(17)16-5-2-8-3-6-20(18,19)7-4-8;11-9(12,10(13,14)15)8(17)16-4-1-7-2-5-20(18,19)6-3-7;10-9(11,12)8(14)13-4-1-7-2-5-17(15,16)6-3-7/h8H,1-7H2,(H,20,21);8H,2-7H2,1H3,(H,16,17);7H,1-6H2,(H,16,17);7H,1-6H2,(H,13,14). The average molecular weight is 1300 g/mol. The first-order chi connectivity index (χ1) is 36.3. The Morgan fingerprint density at radius 3 is 0.790 bits per heavy atom. The fourth-order valence-corrected chi connectivity index (χ4v) is 14.1. The summed E-state index contributed by atoms with van der Waals surface area (Å²) in [4.78, 5) is 43.4. The van der Waals surface area contributed by atoms with Crippen molar-refractivity contribution in [1.82, 2.24) is 21.3 Å². The van der Waals surface area contributed by atoms with Crippen LogP contribution in [-0.4, -0.2) is 178 Å². The van der Waals surface area contributed by atoms with Gasteiger partial charge < -0.3 is 21.3 Å². The number of nitrogens with one attached hydrogen (secondary N) is 4. The zero-order chi connectivity index (χ0) is 63.1. The largest absolute Gasteiger partial charge is 0.471 e. The average Bonchev–Trinajstić information content (AvgIpc) is 3.29. The zero-order valence-corrected chi connectivity index (χ0v) is 46.0. The van der Waals surface area contributed by atoms with Gasteiger partial charge in [-0.2, -0.15) is 83.4 Å². The van der Waals surface area contributed by atoms with Crippen LogP contribution in [0.25, 0.3) is 0 Å². The van der Waals surface area contributed by atoms with Crippen LogP contribution in [0.1, 0.15) is 90.4 Å². The summed E-state index contributed by atoms with van der Waals surface area (Å²) in [5.41, 5.74) is 0. The molecular weight excluding hydrogens is 1240 g/mol. The van der Waals surface area contributed by atoms with Crippen LogP contribution in [0.4, 0.5) is 83.4 Å². The van der Waals surface area contributed by atoms with E-state index >= 15 is 0 Å². The summed E-state index contributed by atoms with van der Waals surface area (Å²) >= 11 is 0. The van der Waals surface area contributed by atoms with E-state index in [1.807, 2.05) is 0 Å². The summed E-state index contributed by atoms with van der Waals surface area (Å²) in [7, 11) is -12.1. The molecule has 0 aromatic rings. The first kappa shape index (κ1) is 75.4. The van der Waals surface area contributed by atoms with Crippen molar-refractivity contribution in [2.24, 2.45) is 23.7 Å². The van der Waals surface area contributed by atoms with Crippen molar-refractivity contribution < 1.29 is 136 Å². The first-order valence-electron chi connectivity index (χ1n) is 24.3. The summed E-state index contributed by atoms with van der Waals surface area (Å²) in [6.45, 7) is -1.05. The highest BCUT2D eigenvalue weighted by Crippen LogP contribution is 2.43. The zero-order valence-electron chi connectivity index (χ0n) is 42.7. The summed E-state index contributed by atoms with van der Waals surface area (Å²) in [6, 6.07) is 0. The predicted octanol–water partition coefficient (Wildman–Crippen LogP) is 6.54. The van der Waals surface area contributed by atoms with Gasteiger partial charge in [0.05, 0.1) is 46.0 Å². The lowest BCUT2D eigenvalue weighted by Gasteiger charge is -2.27. The number of hydrogen-bond donors (Lipinski definition) is 4. The maximum atomic E-state index is 13.3. The SMILES string of the molecule is CC(F)(F)C(F)(F)C(=O)NCCC1CCS(=O)(=O)CC1.O=C(NCCC1CCS(=O)(=O)CC1)C(F)(F)C(F)(F)CC(F)(F)F.O=C(NCCC1CCS(=O)(=O)CC1)C(F)(F)C(F)(F)F.O=C(NCCC1CCS(=O)(=O)CC1)C(F)(F)F. The first-order valence-corrected chi connectivity index (χ1v) is 31.6. The molecule has 4 amide bonds. The van der Waals surface area contributed by atoms with E-state index in [1.165, 1.54) is 10.6 Å². The van der Waals surface area contributed by atoms with Crippen LogP contribution < -0.4 is 21.3 Å². The van der Waals surface area contributed by atoms with Crippen LogP contribution in [0.15, 0.2) is 0 Å². The maximum absolute atomic E-state index is 13.3. The van der Waals surface area contributed by atoms with E-state index in [2.05, 4.69) is 0 Å². The van der Waals surface area contributed by atoms with Crippen LogP contribution in [0.5, 0.6) is 0 Å². The minimum atomic E-state index is -5.92. The molecule has 0 bridgehead atoms. The second-order valence-corrected chi connectivity index (χ2v) is 28.9. The molecule has 0 aromatic heterocycles. The van der Waals surface area contributed by atoms with Gasteiger partial charge >= 0.3 is 54.0 Å². The van der Waals surface area contributed by atoms with Crippen molar-refractivity contribution in [3.8, 4) is 0 Å². The van der Waals surface area contributed by atoms with Crippen molar-refractivity contribution in [1.29, 1.82) is 0 Å². The maximum Gasteiger partial charge on any atom is 0.471 e. The van der Waals surface area contributed by atoms with Gasteiger partial charge in [0.2, 0.25) is 0 Å². The van der Waals surface area contributed by atoms with Crippen LogP contribution in [0.2, 0.25) is 0 Å². The van der Waals surface area contributed by atoms with Gasteiger partial charge in [-0.1, -0.05) is 0 Å². The predicted molar refractivity (Wildman–Crippen MR) is 249 cm³/mol. The Hall–Kier alpha value is -3.65. The molecule has 0 saturated carbocycles. The number of carbonyl (C=O) groups excluding carboxylic acids is 4. The minimum Gasteiger partial charge on any atom is -0.351 e. The van der Waals surface area contributed by atoms with Gasteiger partial charge in [-0.15, -0.1) is 0 Å². The smallest absolute Gasteiger partial charge is 0.351 e. The fourth-order valence-electron chi connectivity index (χ4n) is 7.76. The number of sulfone groups is 4. The second kappa shape index (κ2) is 29.4. The number of halogens is 19. The molecule has 478 valence electrons. The highest BCUT2D eigenvalue weighted by Gasteiger charge is 2.66. The number of rotatable bonds is 18. The molecule has 0 radical (unpaired) electrons. The molecule has 4 N–H and O–H groups in total. The molecule has 0 aromatic carbocycles. The second-order valence-electron chi connectivity index (χ2n) is 19.7. The Labute approximate surface area is 453 Å². The van der Waals surface area contributed by atoms with Crippen molar-refractivity contribution in [3.05, 3.63) is 0 Å². The van der Waals surface area contributed by atoms with Crippen LogP contribution >= 0.6 is 0 Å². The van der Waals surface area contributed by atoms with Gasteiger partial charge in [-0.05, 0) is 101 Å². The van der Waals surface area contributed by atoms with Gasteiger partial charge in [0.15, 0.2) is 0 Å². The topological polar surface area (TPSA) is 253 Å². The van der Waals surface area contributed by atoms with Gasteiger partial charge in [0.25, 0.3) is 17.7 Å². The van der Waals surface area contributed by atoms with Crippen molar-refractivity contribution in [3.63, 3.8) is 0 Å². The molecule has 4 aliphatic heterocycles. The normalized spacial score (nSPS) is 20.5. The van der Waals surface area contributed by atoms with E-state index in [4.69, 9.17) is 0 Å². The number of amides is 4. The summed E-state index contributed by atoms with van der Waals surface area (Å²) in [5.74, 6) is -34.7. The van der Waals surface area contributed by atoms with Crippen LogP contribution in [-0.2, 0) is 58.5 Å². The van der Waals surface area contributed by atoms with E-state index in [0.717, 1.165) is 0 Å². The molecule has 0 unspecified atom stereocenters. The molecule has 4 fully saturated rings. The van der Waals surface area contributed by atoms with Crippen molar-refractivity contribution in [2.75, 3.05) is 72.2 Å². The summed E-state index contributed by atoms with van der Waals surface area (Å²) < 4.78 is 325. The highest BCUT2D eigenvalue weighted by molar-refractivity contribution is 7.92. The molecule has 81 heavy (non-hydrogen) atoms. The number of alkyl halides is 19. The lowest BCUT2D eigenvalue weighted by Crippen LogP contribution is -2.54. The third-order valence-corrected chi connectivity index (χ3v) is 19.8. The number of hydrogen-bond acceptors (Lipinski definition) is 12. The van der Waals surface area contributed by atoms with E-state index in [9.17, 15) is 136 Å². The molecule has 16 nitrogen and oxygen atoms in total. The lowest BCUT2D eigenvalue weighted by atomic mass is 9.99. The molecule has 4 aliphatic rings. The van der Waals surface area contributed by atoms with E-state index < -0.39 is 124 Å². The van der Waals surface area contributed by atoms with E-state index in [0.29, 0.717) is 51.4 Å². The Balaban J connectivity index is 0.000000544. The Morgan fingerprint density at radius 1 is 0.358 bits per heavy atom. The van der Waals surface area contributed by atoms with Gasteiger partial charge in [-0.3, -0.25) is 19.2 Å². The Bertz CT molecular complexity index is 2400. The molecule has 0 spiro atoms. The van der Waals surface area contributed by atoms with Crippen molar-refractivity contribution >= 4 is 63.0 Å². The molecular formula is C42H61F19N4O12S4. The molecule has 0 atom stereocenters. The summed E-state index contributed by atoms with van der Waals surface area (Å²) in [5, 5.41) is 6.59. The summed E-state index contributed by atoms with van der Waals surface area (Å²) in [6.07, 6.45) is -15.6. The van der Waals surface area contributed by atoms with Gasteiger partial charge in [-0.25, -0.2) is 33.7 Å². The minimum absolute atomic E-state index is 0.00501. The van der Waals surface area contributed by atoms with E-state index in [1.54, 1.807) is 10.6 Å². The molecule has 0 aliphatic carbocycles. The Morgan fingerprint density at radius 2 is 0.580 bits per heavy atom. The molecule has 4 heterocycles. The van der Waals surface area contributed by atoms with Gasteiger partial charge in [0.1, 0.15) is 45.8 Å². The fraction of sp³-hybridized carbons (Fsp3) is 0.905. The van der Waals surface area contributed by atoms with Crippen LogP contribution in [0.3, 0.4) is 0 Å². The van der Waals surface area contributed by atoms with Crippen molar-refractivity contribution in [2.45, 2.75) is 139 Å². The van der Waals surface area contributed by atoms with Crippen LogP contribution in [0, 0.1) is 23.7 Å². The monoisotopic (exact) mass is 1300 g/mol. The number of carbonyl (C=O) groups is 4. The molecule has 4 rings (SSSR count). The molecule has 4 saturated heterocycles. The highest BCUT2D eigenvalue weighted by atomic mass is 32.2. The van der Waals surface area contributed by atoms with E-state index in [-0.39, 0.29) is 122 Å². The third kappa shape index (κ3) is 26.9. The molecule has 39 heteroatoms. The quantitative estimate of drug-likeness (QED) is 0.107.